The lowest BCUT2D eigenvalue weighted by Gasteiger charge is -2.01. The third-order valence-electron chi connectivity index (χ3n) is 1.91. The molecular weight excluding hydrogens is 182 g/mol. The van der Waals surface area contributed by atoms with Gasteiger partial charge in [0, 0.05) is 18.7 Å². The highest BCUT2D eigenvalue weighted by Crippen LogP contribution is 1.98. The molecule has 0 radical (unpaired) electrons. The highest BCUT2D eigenvalue weighted by atomic mass is 16.4. The van der Waals surface area contributed by atoms with E-state index in [4.69, 9.17) is 10.2 Å². The van der Waals surface area contributed by atoms with Crippen molar-refractivity contribution < 1.29 is 15.0 Å². The number of hydrogen-bond donors (Lipinski definition) is 3. The SMILES string of the molecule is CCC(=CCNCCCCO)C(=O)O. The van der Waals surface area contributed by atoms with Crippen molar-refractivity contribution in [3.05, 3.63) is 11.6 Å². The van der Waals surface area contributed by atoms with Crippen molar-refractivity contribution in [2.75, 3.05) is 19.7 Å². The quantitative estimate of drug-likeness (QED) is 0.401. The summed E-state index contributed by atoms with van der Waals surface area (Å²) in [7, 11) is 0. The fraction of sp³-hybridized carbons (Fsp3) is 0.700. The van der Waals surface area contributed by atoms with Crippen LogP contribution in [0.2, 0.25) is 0 Å². The molecule has 0 heterocycles. The predicted octanol–water partition coefficient (Wildman–Crippen LogP) is 0.769. The molecule has 14 heavy (non-hydrogen) atoms. The number of nitrogens with one attached hydrogen (secondary N) is 1. The van der Waals surface area contributed by atoms with Crippen molar-refractivity contribution in [3.63, 3.8) is 0 Å². The van der Waals surface area contributed by atoms with Gasteiger partial charge in [0.15, 0.2) is 0 Å². The van der Waals surface area contributed by atoms with Crippen molar-refractivity contribution in [2.45, 2.75) is 26.2 Å². The summed E-state index contributed by atoms with van der Waals surface area (Å²) in [6.45, 7) is 3.44. The number of rotatable bonds is 8. The van der Waals surface area contributed by atoms with E-state index in [1.165, 1.54) is 0 Å². The average molecular weight is 201 g/mol. The van der Waals surface area contributed by atoms with Gasteiger partial charge in [-0.2, -0.15) is 0 Å². The fourth-order valence-electron chi connectivity index (χ4n) is 1.04. The number of unbranched alkanes of at least 4 members (excludes halogenated alkanes) is 1. The molecule has 0 aliphatic heterocycles. The standard InChI is InChI=1S/C10H19NO3/c1-2-9(10(13)14)5-7-11-6-3-4-8-12/h5,11-12H,2-4,6-8H2,1H3,(H,13,14). The van der Waals surface area contributed by atoms with Crippen LogP contribution in [0.15, 0.2) is 11.6 Å². The van der Waals surface area contributed by atoms with Crippen LogP contribution in [0, 0.1) is 0 Å². The lowest BCUT2D eigenvalue weighted by atomic mass is 10.2. The molecule has 0 aromatic carbocycles. The molecule has 0 rings (SSSR count). The molecule has 4 nitrogen and oxygen atoms in total. The molecule has 0 spiro atoms. The fourth-order valence-corrected chi connectivity index (χ4v) is 1.04. The monoisotopic (exact) mass is 201 g/mol. The number of carboxylic acid groups (broad SMARTS) is 1. The zero-order chi connectivity index (χ0) is 10.8. The number of hydrogen-bond acceptors (Lipinski definition) is 3. The molecule has 82 valence electrons. The smallest absolute Gasteiger partial charge is 0.331 e. The molecule has 0 saturated heterocycles. The van der Waals surface area contributed by atoms with Gasteiger partial charge in [-0.25, -0.2) is 4.79 Å². The Bertz CT molecular complexity index is 190. The highest BCUT2D eigenvalue weighted by molar-refractivity contribution is 5.86. The summed E-state index contributed by atoms with van der Waals surface area (Å²) in [6.07, 6.45) is 3.95. The van der Waals surface area contributed by atoms with E-state index in [9.17, 15) is 4.79 Å². The van der Waals surface area contributed by atoms with Gasteiger partial charge in [0.1, 0.15) is 0 Å². The van der Waals surface area contributed by atoms with E-state index in [1.54, 1.807) is 6.08 Å². The Hall–Kier alpha value is -0.870. The van der Waals surface area contributed by atoms with Gasteiger partial charge in [0.05, 0.1) is 0 Å². The molecule has 0 aliphatic rings. The molecule has 0 fully saturated rings. The first-order valence-electron chi connectivity index (χ1n) is 4.96. The van der Waals surface area contributed by atoms with Crippen LogP contribution in [0.1, 0.15) is 26.2 Å². The number of carbonyl (C=O) groups is 1. The summed E-state index contributed by atoms with van der Waals surface area (Å²) in [5, 5.41) is 20.3. The van der Waals surface area contributed by atoms with E-state index < -0.39 is 5.97 Å². The molecule has 0 unspecified atom stereocenters. The second-order valence-corrected chi connectivity index (χ2v) is 3.02. The Labute approximate surface area is 84.6 Å². The van der Waals surface area contributed by atoms with Gasteiger partial charge >= 0.3 is 5.97 Å². The molecule has 0 aromatic heterocycles. The van der Waals surface area contributed by atoms with Gasteiger partial charge in [-0.1, -0.05) is 13.0 Å². The molecule has 0 aliphatic carbocycles. The van der Waals surface area contributed by atoms with Crippen LogP contribution in [0.5, 0.6) is 0 Å². The van der Waals surface area contributed by atoms with Crippen molar-refractivity contribution in [1.82, 2.24) is 5.32 Å². The third kappa shape index (κ3) is 6.62. The van der Waals surface area contributed by atoms with Crippen molar-refractivity contribution in [3.8, 4) is 0 Å². The molecule has 0 amide bonds. The third-order valence-corrected chi connectivity index (χ3v) is 1.91. The predicted molar refractivity (Wildman–Crippen MR) is 55.2 cm³/mol. The molecule has 0 atom stereocenters. The summed E-state index contributed by atoms with van der Waals surface area (Å²) in [6, 6.07) is 0. The van der Waals surface area contributed by atoms with Crippen molar-refractivity contribution in [1.29, 1.82) is 0 Å². The molecule has 0 aromatic rings. The van der Waals surface area contributed by atoms with Crippen molar-refractivity contribution >= 4 is 5.97 Å². The lowest BCUT2D eigenvalue weighted by molar-refractivity contribution is -0.132. The maximum absolute atomic E-state index is 10.6. The Morgan fingerprint density at radius 2 is 2.14 bits per heavy atom. The van der Waals surface area contributed by atoms with Crippen LogP contribution in [0.25, 0.3) is 0 Å². The number of aliphatic carboxylic acids is 1. The van der Waals surface area contributed by atoms with E-state index in [-0.39, 0.29) is 6.61 Å². The van der Waals surface area contributed by atoms with Crippen LogP contribution in [0.4, 0.5) is 0 Å². The zero-order valence-electron chi connectivity index (χ0n) is 8.62. The maximum Gasteiger partial charge on any atom is 0.331 e. The average Bonchev–Trinajstić information content (AvgIpc) is 2.16. The lowest BCUT2D eigenvalue weighted by Crippen LogP contribution is -2.16. The van der Waals surface area contributed by atoms with Gasteiger partial charge in [-0.05, 0) is 25.8 Å². The van der Waals surface area contributed by atoms with E-state index in [2.05, 4.69) is 5.32 Å². The Kier molecular flexibility index (Phi) is 8.17. The summed E-state index contributed by atoms with van der Waals surface area (Å²) in [4.78, 5) is 10.6. The van der Waals surface area contributed by atoms with Crippen LogP contribution in [0.3, 0.4) is 0 Å². The number of carboxylic acids is 1. The van der Waals surface area contributed by atoms with Crippen LogP contribution in [-0.2, 0) is 4.79 Å². The minimum Gasteiger partial charge on any atom is -0.478 e. The normalized spacial score (nSPS) is 11.7. The first-order chi connectivity index (χ1) is 6.72. The van der Waals surface area contributed by atoms with Gasteiger partial charge in [0.2, 0.25) is 0 Å². The van der Waals surface area contributed by atoms with Gasteiger partial charge in [-0.15, -0.1) is 0 Å². The Balaban J connectivity index is 3.53. The number of aliphatic hydroxyl groups excluding tert-OH is 1. The first kappa shape index (κ1) is 13.1. The summed E-state index contributed by atoms with van der Waals surface area (Å²) >= 11 is 0. The van der Waals surface area contributed by atoms with Gasteiger partial charge < -0.3 is 15.5 Å². The second kappa shape index (κ2) is 8.72. The molecule has 0 bridgehead atoms. The van der Waals surface area contributed by atoms with Crippen LogP contribution >= 0.6 is 0 Å². The summed E-state index contributed by atoms with van der Waals surface area (Å²) in [5.41, 5.74) is 0.444. The van der Waals surface area contributed by atoms with Crippen LogP contribution < -0.4 is 5.32 Å². The summed E-state index contributed by atoms with van der Waals surface area (Å²) in [5.74, 6) is -0.843. The topological polar surface area (TPSA) is 69.6 Å². The van der Waals surface area contributed by atoms with Gasteiger partial charge in [-0.3, -0.25) is 0 Å². The molecule has 0 saturated carbocycles. The zero-order valence-corrected chi connectivity index (χ0v) is 8.62. The minimum absolute atomic E-state index is 0.215. The maximum atomic E-state index is 10.6. The largest absolute Gasteiger partial charge is 0.478 e. The molecular formula is C10H19NO3. The first-order valence-corrected chi connectivity index (χ1v) is 4.96. The van der Waals surface area contributed by atoms with Crippen LogP contribution in [-0.4, -0.2) is 35.9 Å². The number of aliphatic hydroxyl groups is 1. The van der Waals surface area contributed by atoms with E-state index in [0.29, 0.717) is 18.5 Å². The minimum atomic E-state index is -0.843. The second-order valence-electron chi connectivity index (χ2n) is 3.02. The summed E-state index contributed by atoms with van der Waals surface area (Å²) < 4.78 is 0. The van der Waals surface area contributed by atoms with E-state index >= 15 is 0 Å². The van der Waals surface area contributed by atoms with Gasteiger partial charge in [0.25, 0.3) is 0 Å². The highest BCUT2D eigenvalue weighted by Gasteiger charge is 2.01. The molecule has 4 heteroatoms. The Morgan fingerprint density at radius 3 is 2.64 bits per heavy atom. The van der Waals surface area contributed by atoms with E-state index in [1.807, 2.05) is 6.92 Å². The van der Waals surface area contributed by atoms with Crippen molar-refractivity contribution in [2.24, 2.45) is 0 Å². The Morgan fingerprint density at radius 1 is 1.43 bits per heavy atom. The molecule has 3 N–H and O–H groups in total. The van der Waals surface area contributed by atoms with E-state index in [0.717, 1.165) is 19.4 Å².